The summed E-state index contributed by atoms with van der Waals surface area (Å²) >= 11 is 5.58. The van der Waals surface area contributed by atoms with E-state index in [1.54, 1.807) is 6.92 Å². The lowest BCUT2D eigenvalue weighted by Gasteiger charge is -2.11. The summed E-state index contributed by atoms with van der Waals surface area (Å²) in [6.07, 6.45) is 1.97. The van der Waals surface area contributed by atoms with Crippen LogP contribution in [0.15, 0.2) is 18.3 Å². The van der Waals surface area contributed by atoms with Gasteiger partial charge in [-0.15, -0.1) is 0 Å². The smallest absolute Gasteiger partial charge is 0.340 e. The molecule has 0 bridgehead atoms. The molecule has 1 aromatic heterocycles. The molecule has 114 valence electrons. The normalized spacial score (nSPS) is 11.4. The zero-order chi connectivity index (χ0) is 15.8. The van der Waals surface area contributed by atoms with E-state index in [9.17, 15) is 14.4 Å². The van der Waals surface area contributed by atoms with Gasteiger partial charge in [-0.05, 0) is 25.5 Å². The van der Waals surface area contributed by atoms with Crippen LogP contribution >= 0.6 is 11.6 Å². The molecule has 0 radical (unpaired) electrons. The van der Waals surface area contributed by atoms with Gasteiger partial charge in [-0.3, -0.25) is 10.1 Å². The maximum atomic E-state index is 11.6. The maximum absolute atomic E-state index is 11.6. The van der Waals surface area contributed by atoms with Crippen LogP contribution in [0, 0.1) is 0 Å². The first-order valence-electron chi connectivity index (χ1n) is 6.31. The van der Waals surface area contributed by atoms with Crippen molar-refractivity contribution in [1.29, 1.82) is 0 Å². The highest BCUT2D eigenvalue weighted by Crippen LogP contribution is 2.06. The van der Waals surface area contributed by atoms with Crippen molar-refractivity contribution in [2.45, 2.75) is 26.3 Å². The number of carbonyl (C=O) groups excluding carboxylic acids is 3. The fourth-order valence-electron chi connectivity index (χ4n) is 1.24. The molecule has 0 aliphatic carbocycles. The number of amides is 3. The standard InChI is InChI=1S/C13H16ClN3O4/c1-3-8(2)16-13(20)17-11(18)7-21-12(19)9-4-5-10(14)15-6-9/h4-6,8H,3,7H2,1-2H3,(H2,16,17,18,20)/t8-/m1/s1. The summed E-state index contributed by atoms with van der Waals surface area (Å²) in [5, 5.41) is 4.85. The Labute approximate surface area is 127 Å². The Morgan fingerprint density at radius 3 is 2.67 bits per heavy atom. The van der Waals surface area contributed by atoms with Gasteiger partial charge in [-0.25, -0.2) is 14.6 Å². The Morgan fingerprint density at radius 2 is 2.10 bits per heavy atom. The van der Waals surface area contributed by atoms with Gasteiger partial charge in [0.2, 0.25) is 0 Å². The van der Waals surface area contributed by atoms with Gasteiger partial charge in [0.25, 0.3) is 5.91 Å². The number of rotatable bonds is 5. The third-order valence-electron chi connectivity index (χ3n) is 2.54. The molecule has 0 saturated heterocycles. The summed E-state index contributed by atoms with van der Waals surface area (Å²) in [5.74, 6) is -1.44. The van der Waals surface area contributed by atoms with Gasteiger partial charge in [0.1, 0.15) is 5.15 Å². The summed E-state index contributed by atoms with van der Waals surface area (Å²) in [5.41, 5.74) is 0.163. The van der Waals surface area contributed by atoms with Crippen LogP contribution in [0.3, 0.4) is 0 Å². The summed E-state index contributed by atoms with van der Waals surface area (Å²) in [6, 6.07) is 2.17. The number of halogens is 1. The molecule has 8 heteroatoms. The number of imide groups is 1. The first-order chi connectivity index (χ1) is 9.92. The van der Waals surface area contributed by atoms with Crippen molar-refractivity contribution in [3.63, 3.8) is 0 Å². The Morgan fingerprint density at radius 1 is 1.38 bits per heavy atom. The molecule has 3 amide bonds. The van der Waals surface area contributed by atoms with Gasteiger partial charge in [0.05, 0.1) is 5.56 Å². The van der Waals surface area contributed by atoms with Gasteiger partial charge in [0.15, 0.2) is 6.61 Å². The Kier molecular flexibility index (Phi) is 6.61. The van der Waals surface area contributed by atoms with Crippen LogP contribution < -0.4 is 10.6 Å². The summed E-state index contributed by atoms with van der Waals surface area (Å²) in [7, 11) is 0. The molecule has 0 aliphatic heterocycles. The molecule has 0 unspecified atom stereocenters. The average molecular weight is 314 g/mol. The number of nitrogens with one attached hydrogen (secondary N) is 2. The topological polar surface area (TPSA) is 97.4 Å². The predicted octanol–water partition coefficient (Wildman–Crippen LogP) is 1.52. The van der Waals surface area contributed by atoms with Crippen molar-refractivity contribution in [2.24, 2.45) is 0 Å². The molecule has 7 nitrogen and oxygen atoms in total. The molecule has 2 N–H and O–H groups in total. The highest BCUT2D eigenvalue weighted by Gasteiger charge is 2.13. The van der Waals surface area contributed by atoms with Crippen LogP contribution in [0.2, 0.25) is 5.15 Å². The number of esters is 1. The van der Waals surface area contributed by atoms with E-state index < -0.39 is 24.5 Å². The number of ether oxygens (including phenoxy) is 1. The second-order valence-electron chi connectivity index (χ2n) is 4.28. The van der Waals surface area contributed by atoms with Crippen LogP contribution in [0.25, 0.3) is 0 Å². The summed E-state index contributed by atoms with van der Waals surface area (Å²) < 4.78 is 4.75. The minimum absolute atomic E-state index is 0.0551. The monoisotopic (exact) mass is 313 g/mol. The molecule has 21 heavy (non-hydrogen) atoms. The fraction of sp³-hybridized carbons (Fsp3) is 0.385. The summed E-state index contributed by atoms with van der Waals surface area (Å²) in [6.45, 7) is 3.14. The van der Waals surface area contributed by atoms with Crippen molar-refractivity contribution in [1.82, 2.24) is 15.6 Å². The Balaban J connectivity index is 2.37. The molecule has 1 atom stereocenters. The van der Waals surface area contributed by atoms with Gasteiger partial charge in [0, 0.05) is 12.2 Å². The zero-order valence-electron chi connectivity index (χ0n) is 11.7. The van der Waals surface area contributed by atoms with Crippen LogP contribution in [0.5, 0.6) is 0 Å². The number of pyridine rings is 1. The third kappa shape index (κ3) is 6.22. The number of nitrogens with zero attached hydrogens (tertiary/aromatic N) is 1. The second kappa shape index (κ2) is 8.21. The quantitative estimate of drug-likeness (QED) is 0.634. The number of urea groups is 1. The first kappa shape index (κ1) is 16.9. The number of hydrogen-bond acceptors (Lipinski definition) is 5. The highest BCUT2D eigenvalue weighted by atomic mass is 35.5. The first-order valence-corrected chi connectivity index (χ1v) is 6.69. The molecular weight excluding hydrogens is 298 g/mol. The van der Waals surface area contributed by atoms with Crippen molar-refractivity contribution < 1.29 is 19.1 Å². The van der Waals surface area contributed by atoms with Gasteiger partial charge >= 0.3 is 12.0 Å². The van der Waals surface area contributed by atoms with E-state index >= 15 is 0 Å². The predicted molar refractivity (Wildman–Crippen MR) is 76.0 cm³/mol. The lowest BCUT2D eigenvalue weighted by molar-refractivity contribution is -0.123. The van der Waals surface area contributed by atoms with Crippen molar-refractivity contribution in [3.8, 4) is 0 Å². The van der Waals surface area contributed by atoms with Crippen LogP contribution in [0.1, 0.15) is 30.6 Å². The van der Waals surface area contributed by atoms with Crippen LogP contribution in [-0.4, -0.2) is 35.5 Å². The number of carbonyl (C=O) groups is 3. The SMILES string of the molecule is CC[C@@H](C)NC(=O)NC(=O)COC(=O)c1ccc(Cl)nc1. The lowest BCUT2D eigenvalue weighted by Crippen LogP contribution is -2.44. The highest BCUT2D eigenvalue weighted by molar-refractivity contribution is 6.29. The van der Waals surface area contributed by atoms with E-state index in [2.05, 4.69) is 15.6 Å². The van der Waals surface area contributed by atoms with Crippen LogP contribution in [0.4, 0.5) is 4.79 Å². The van der Waals surface area contributed by atoms with Crippen molar-refractivity contribution >= 4 is 29.5 Å². The van der Waals surface area contributed by atoms with Gasteiger partial charge < -0.3 is 10.1 Å². The minimum Gasteiger partial charge on any atom is -0.452 e. The second-order valence-corrected chi connectivity index (χ2v) is 4.66. The van der Waals surface area contributed by atoms with Gasteiger partial charge in [-0.1, -0.05) is 18.5 Å². The minimum atomic E-state index is -0.725. The third-order valence-corrected chi connectivity index (χ3v) is 2.76. The van der Waals surface area contributed by atoms with E-state index in [0.29, 0.717) is 0 Å². The van der Waals surface area contributed by atoms with E-state index in [0.717, 1.165) is 6.42 Å². The van der Waals surface area contributed by atoms with E-state index in [1.165, 1.54) is 18.3 Å². The fourth-order valence-corrected chi connectivity index (χ4v) is 1.35. The summed E-state index contributed by atoms with van der Waals surface area (Å²) in [4.78, 5) is 38.1. The molecule has 1 rings (SSSR count). The molecule has 0 spiro atoms. The van der Waals surface area contributed by atoms with Crippen LogP contribution in [-0.2, 0) is 9.53 Å². The van der Waals surface area contributed by atoms with Crippen molar-refractivity contribution in [2.75, 3.05) is 6.61 Å². The molecule has 0 fully saturated rings. The Bertz CT molecular complexity index is 519. The molecule has 1 heterocycles. The molecular formula is C13H16ClN3O4. The van der Waals surface area contributed by atoms with Crippen molar-refractivity contribution in [3.05, 3.63) is 29.0 Å². The van der Waals surface area contributed by atoms with E-state index in [4.69, 9.17) is 16.3 Å². The molecule has 0 aromatic carbocycles. The van der Waals surface area contributed by atoms with Gasteiger partial charge in [-0.2, -0.15) is 0 Å². The molecule has 0 aliphatic rings. The lowest BCUT2D eigenvalue weighted by atomic mass is 10.3. The Hall–Kier alpha value is -2.15. The largest absolute Gasteiger partial charge is 0.452 e. The zero-order valence-corrected chi connectivity index (χ0v) is 12.4. The number of aromatic nitrogens is 1. The number of hydrogen-bond donors (Lipinski definition) is 2. The molecule has 1 aromatic rings. The average Bonchev–Trinajstić information content (AvgIpc) is 2.45. The molecule has 0 saturated carbocycles. The maximum Gasteiger partial charge on any atom is 0.340 e. The van der Waals surface area contributed by atoms with E-state index in [1.807, 2.05) is 6.92 Å². The van der Waals surface area contributed by atoms with E-state index in [-0.39, 0.29) is 16.8 Å².